The molecule has 2 unspecified atom stereocenters. The fraction of sp³-hybridized carbons (Fsp3) is 0.810. The van der Waals surface area contributed by atoms with Crippen molar-refractivity contribution >= 4 is 0 Å². The van der Waals surface area contributed by atoms with Crippen molar-refractivity contribution in [3.05, 3.63) is 28.2 Å². The number of allylic oxidation sites excluding steroid dienone is 3. The normalized spacial score (nSPS) is 48.5. The summed E-state index contributed by atoms with van der Waals surface area (Å²) in [5.74, 6) is 1.70. The third-order valence-electron chi connectivity index (χ3n) is 8.37. The first-order valence-corrected chi connectivity index (χ1v) is 9.82. The summed E-state index contributed by atoms with van der Waals surface area (Å²) in [6, 6.07) is -0.0627. The minimum atomic E-state index is -0.150. The number of nitrogens with zero attached hydrogens (tertiary/aromatic N) is 1. The highest BCUT2D eigenvalue weighted by Crippen LogP contribution is 2.65. The lowest BCUT2D eigenvalue weighted by atomic mass is 9.50. The molecule has 3 saturated carbocycles. The monoisotopic (exact) mass is 329 g/mol. The van der Waals surface area contributed by atoms with E-state index in [1.54, 1.807) is 5.57 Å². The van der Waals surface area contributed by atoms with Crippen LogP contribution >= 0.6 is 0 Å². The highest BCUT2D eigenvalue weighted by Gasteiger charge is 2.57. The maximum atomic E-state index is 11.2. The number of nitroso groups, excluding NO2 is 1. The van der Waals surface area contributed by atoms with Crippen LogP contribution in [0.15, 0.2) is 28.5 Å². The Bertz CT molecular complexity index is 609. The molecule has 0 aliphatic heterocycles. The zero-order chi connectivity index (χ0) is 17.1. The van der Waals surface area contributed by atoms with E-state index in [-0.39, 0.29) is 23.0 Å². The van der Waals surface area contributed by atoms with Gasteiger partial charge in [0.2, 0.25) is 0 Å². The zero-order valence-electron chi connectivity index (χ0n) is 15.3. The topological polar surface area (TPSA) is 49.7 Å². The fourth-order valence-electron chi connectivity index (χ4n) is 6.89. The fourth-order valence-corrected chi connectivity index (χ4v) is 6.89. The van der Waals surface area contributed by atoms with Crippen LogP contribution in [-0.4, -0.2) is 17.3 Å². The minimum absolute atomic E-state index is 0.0627. The standard InChI is InChI=1S/C21H31NO2/c1-13(22-24)17-6-7-18-16-5-4-14-12-15(23)8-10-20(14,2)19(16)9-11-21(17,18)3/h4-5,13,15,17-19,23H,6-12H2,1-3H3/t13?,15?,17-,18+,19+,20+,21-/m1/s1. The summed E-state index contributed by atoms with van der Waals surface area (Å²) in [6.07, 6.45) is 12.3. The molecule has 0 bridgehead atoms. The van der Waals surface area contributed by atoms with Gasteiger partial charge in [-0.25, -0.2) is 0 Å². The number of hydrogen-bond donors (Lipinski definition) is 1. The average Bonchev–Trinajstić information content (AvgIpc) is 2.92. The first-order valence-electron chi connectivity index (χ1n) is 9.82. The van der Waals surface area contributed by atoms with E-state index < -0.39 is 0 Å². The Balaban J connectivity index is 1.69. The molecular weight excluding hydrogens is 298 g/mol. The van der Waals surface area contributed by atoms with E-state index in [0.717, 1.165) is 25.7 Å². The van der Waals surface area contributed by atoms with Gasteiger partial charge in [-0.05, 0) is 80.5 Å². The first kappa shape index (κ1) is 16.5. The molecule has 4 rings (SSSR count). The van der Waals surface area contributed by atoms with E-state index in [9.17, 15) is 10.0 Å². The second-order valence-electron chi connectivity index (χ2n) is 9.35. The van der Waals surface area contributed by atoms with Crippen molar-refractivity contribution in [2.75, 3.05) is 0 Å². The molecule has 0 aromatic carbocycles. The van der Waals surface area contributed by atoms with Crippen LogP contribution in [0.25, 0.3) is 0 Å². The smallest absolute Gasteiger partial charge is 0.0925 e. The highest BCUT2D eigenvalue weighted by atomic mass is 16.3. The molecule has 24 heavy (non-hydrogen) atoms. The molecule has 0 heterocycles. The Hall–Kier alpha value is -0.960. The largest absolute Gasteiger partial charge is 0.393 e. The zero-order valence-corrected chi connectivity index (χ0v) is 15.3. The molecule has 3 fully saturated rings. The number of rotatable bonds is 2. The van der Waals surface area contributed by atoms with Crippen LogP contribution in [0.3, 0.4) is 0 Å². The van der Waals surface area contributed by atoms with E-state index >= 15 is 0 Å². The van der Waals surface area contributed by atoms with Gasteiger partial charge in [0, 0.05) is 0 Å². The van der Waals surface area contributed by atoms with E-state index in [4.69, 9.17) is 0 Å². The molecule has 0 aromatic rings. The quantitative estimate of drug-likeness (QED) is 0.725. The summed E-state index contributed by atoms with van der Waals surface area (Å²) in [5, 5.41) is 13.5. The van der Waals surface area contributed by atoms with Crippen molar-refractivity contribution in [2.45, 2.75) is 77.9 Å². The van der Waals surface area contributed by atoms with Crippen LogP contribution in [0.5, 0.6) is 0 Å². The van der Waals surface area contributed by atoms with Gasteiger partial charge in [-0.1, -0.05) is 42.3 Å². The van der Waals surface area contributed by atoms with Crippen molar-refractivity contribution in [2.24, 2.45) is 33.8 Å². The lowest BCUT2D eigenvalue weighted by Crippen LogP contribution is -2.46. The molecule has 3 nitrogen and oxygen atoms in total. The molecule has 4 aliphatic rings. The van der Waals surface area contributed by atoms with Crippen LogP contribution in [0.1, 0.15) is 65.7 Å². The van der Waals surface area contributed by atoms with E-state index in [1.165, 1.54) is 24.8 Å². The van der Waals surface area contributed by atoms with Gasteiger partial charge < -0.3 is 5.11 Å². The predicted molar refractivity (Wildman–Crippen MR) is 96.4 cm³/mol. The molecular formula is C21H31NO2. The third kappa shape index (κ3) is 2.13. The van der Waals surface area contributed by atoms with Gasteiger partial charge in [0.25, 0.3) is 0 Å². The minimum Gasteiger partial charge on any atom is -0.393 e. The summed E-state index contributed by atoms with van der Waals surface area (Å²) >= 11 is 0. The summed E-state index contributed by atoms with van der Waals surface area (Å²) in [5.41, 5.74) is 3.60. The number of hydrogen-bond acceptors (Lipinski definition) is 3. The van der Waals surface area contributed by atoms with E-state index in [0.29, 0.717) is 17.8 Å². The molecule has 4 aliphatic carbocycles. The highest BCUT2D eigenvalue weighted by molar-refractivity contribution is 5.38. The molecule has 0 aromatic heterocycles. The van der Waals surface area contributed by atoms with Crippen LogP contribution in [0.4, 0.5) is 0 Å². The van der Waals surface area contributed by atoms with Gasteiger partial charge in [0.15, 0.2) is 0 Å². The van der Waals surface area contributed by atoms with Crippen molar-refractivity contribution < 1.29 is 5.11 Å². The lowest BCUT2D eigenvalue weighted by molar-refractivity contribution is 0.0412. The molecule has 1 N–H and O–H groups in total. The second kappa shape index (κ2) is 5.52. The van der Waals surface area contributed by atoms with Crippen molar-refractivity contribution in [3.8, 4) is 0 Å². The summed E-state index contributed by atoms with van der Waals surface area (Å²) in [6.45, 7) is 6.86. The molecule has 0 saturated heterocycles. The maximum Gasteiger partial charge on any atom is 0.0925 e. The Kier molecular flexibility index (Phi) is 3.80. The van der Waals surface area contributed by atoms with Crippen molar-refractivity contribution in [1.82, 2.24) is 0 Å². The van der Waals surface area contributed by atoms with Gasteiger partial charge in [0.05, 0.1) is 12.1 Å². The van der Waals surface area contributed by atoms with Gasteiger partial charge in [-0.2, -0.15) is 4.91 Å². The summed E-state index contributed by atoms with van der Waals surface area (Å²) in [7, 11) is 0. The molecule has 3 heteroatoms. The van der Waals surface area contributed by atoms with Gasteiger partial charge in [-0.15, -0.1) is 0 Å². The number of aliphatic hydroxyl groups excluding tert-OH is 1. The Labute approximate surface area is 145 Å². The Morgan fingerprint density at radius 2 is 1.92 bits per heavy atom. The molecule has 0 amide bonds. The predicted octanol–water partition coefficient (Wildman–Crippen LogP) is 5.00. The van der Waals surface area contributed by atoms with Gasteiger partial charge in [-0.3, -0.25) is 0 Å². The Morgan fingerprint density at radius 3 is 2.67 bits per heavy atom. The van der Waals surface area contributed by atoms with E-state index in [1.807, 2.05) is 6.92 Å². The maximum absolute atomic E-state index is 11.2. The first-order chi connectivity index (χ1) is 11.4. The number of aliphatic hydroxyl groups is 1. The summed E-state index contributed by atoms with van der Waals surface area (Å²) in [4.78, 5) is 11.2. The van der Waals surface area contributed by atoms with Crippen molar-refractivity contribution in [1.29, 1.82) is 0 Å². The average molecular weight is 329 g/mol. The second-order valence-corrected chi connectivity index (χ2v) is 9.35. The molecule has 132 valence electrons. The molecule has 0 spiro atoms. The SMILES string of the molecule is CC(N=O)[C@H]1CC[C@H]2C3=CC=C4CC(O)CC[C@]4(C)[C@H]3CC[C@]12C. The van der Waals surface area contributed by atoms with Crippen LogP contribution in [0, 0.1) is 33.5 Å². The lowest BCUT2D eigenvalue weighted by Gasteiger charge is -2.54. The Morgan fingerprint density at radius 1 is 1.12 bits per heavy atom. The number of fused-ring (bicyclic) bond motifs is 5. The molecule has 0 radical (unpaired) electrons. The van der Waals surface area contributed by atoms with Crippen molar-refractivity contribution in [3.63, 3.8) is 0 Å². The van der Waals surface area contributed by atoms with Crippen LogP contribution < -0.4 is 0 Å². The van der Waals surface area contributed by atoms with Gasteiger partial charge >= 0.3 is 0 Å². The molecule has 7 atom stereocenters. The third-order valence-corrected chi connectivity index (χ3v) is 8.37. The van der Waals surface area contributed by atoms with Crippen LogP contribution in [0.2, 0.25) is 0 Å². The van der Waals surface area contributed by atoms with Gasteiger partial charge in [0.1, 0.15) is 0 Å². The summed E-state index contributed by atoms with van der Waals surface area (Å²) < 4.78 is 0. The van der Waals surface area contributed by atoms with E-state index in [2.05, 4.69) is 31.2 Å². The van der Waals surface area contributed by atoms with Crippen LogP contribution in [-0.2, 0) is 0 Å².